The lowest BCUT2D eigenvalue weighted by Crippen LogP contribution is -2.23. The van der Waals surface area contributed by atoms with Gasteiger partial charge in [-0.15, -0.1) is 0 Å². The second-order valence-electron chi connectivity index (χ2n) is 10.4. The summed E-state index contributed by atoms with van der Waals surface area (Å²) in [5.41, 5.74) is 10.8. The minimum Gasteiger partial charge on any atom is -0.493 e. The van der Waals surface area contributed by atoms with Crippen molar-refractivity contribution in [2.45, 2.75) is 51.0 Å². The molecule has 1 fully saturated rings. The first-order valence-corrected chi connectivity index (χ1v) is 12.8. The van der Waals surface area contributed by atoms with Crippen molar-refractivity contribution in [1.29, 1.82) is 0 Å². The number of aromatic nitrogens is 3. The van der Waals surface area contributed by atoms with Gasteiger partial charge < -0.3 is 20.7 Å². The number of aliphatic carboxylic acids is 1. The standard InChI is InChI=1S/C30H30N4O4/c1-4-38-23-15-19(29(3,37)18-7-5-6-17(2)14-18)8-9-21(23)24-25-26(31)32-12-13-34(25)28(33-24)30-11-10-20(27(35)36)22(30)16-30/h5-9,12-15,37H,4,10-11,16H2,1-3H3,(H2,31,32)(H,35,36). The molecule has 0 amide bonds. The summed E-state index contributed by atoms with van der Waals surface area (Å²) in [6.07, 6.45) is 5.40. The van der Waals surface area contributed by atoms with Crippen LogP contribution < -0.4 is 10.5 Å². The molecule has 2 aromatic carbocycles. The molecule has 8 nitrogen and oxygen atoms in total. The number of carboxylic acids is 1. The molecule has 0 radical (unpaired) electrons. The zero-order valence-corrected chi connectivity index (χ0v) is 21.7. The van der Waals surface area contributed by atoms with E-state index in [-0.39, 0.29) is 5.41 Å². The Morgan fingerprint density at radius 2 is 2.03 bits per heavy atom. The minimum absolute atomic E-state index is 0.332. The predicted molar refractivity (Wildman–Crippen MR) is 144 cm³/mol. The van der Waals surface area contributed by atoms with Gasteiger partial charge in [-0.25, -0.2) is 14.8 Å². The van der Waals surface area contributed by atoms with Crippen LogP contribution in [0.1, 0.15) is 55.6 Å². The Hall–Kier alpha value is -4.17. The Morgan fingerprint density at radius 3 is 2.71 bits per heavy atom. The third-order valence-corrected chi connectivity index (χ3v) is 8.05. The number of carbonyl (C=O) groups is 1. The first-order valence-electron chi connectivity index (χ1n) is 12.8. The second kappa shape index (κ2) is 8.43. The van der Waals surface area contributed by atoms with Crippen molar-refractivity contribution in [2.75, 3.05) is 12.3 Å². The van der Waals surface area contributed by atoms with Gasteiger partial charge in [0.25, 0.3) is 0 Å². The Balaban J connectivity index is 1.52. The highest BCUT2D eigenvalue weighted by molar-refractivity contribution is 5.92. The highest BCUT2D eigenvalue weighted by atomic mass is 16.5. The van der Waals surface area contributed by atoms with Crippen LogP contribution in [-0.2, 0) is 15.8 Å². The lowest BCUT2D eigenvalue weighted by molar-refractivity contribution is -0.132. The van der Waals surface area contributed by atoms with Gasteiger partial charge in [0.15, 0.2) is 0 Å². The zero-order valence-electron chi connectivity index (χ0n) is 21.7. The summed E-state index contributed by atoms with van der Waals surface area (Å²) in [5.74, 6) is 0.839. The van der Waals surface area contributed by atoms with Crippen LogP contribution in [-0.4, -0.2) is 37.2 Å². The highest BCUT2D eigenvalue weighted by Crippen LogP contribution is 2.63. The number of ether oxygens (including phenoxy) is 1. The monoisotopic (exact) mass is 510 g/mol. The van der Waals surface area contributed by atoms with E-state index in [0.29, 0.717) is 59.8 Å². The summed E-state index contributed by atoms with van der Waals surface area (Å²) in [5, 5.41) is 21.2. The Kier molecular flexibility index (Phi) is 5.36. The third kappa shape index (κ3) is 3.51. The summed E-state index contributed by atoms with van der Waals surface area (Å²) < 4.78 is 8.03. The van der Waals surface area contributed by atoms with E-state index in [1.807, 2.05) is 66.9 Å². The number of hydrogen-bond acceptors (Lipinski definition) is 6. The molecule has 0 spiro atoms. The van der Waals surface area contributed by atoms with Gasteiger partial charge in [-0.1, -0.05) is 35.9 Å². The number of rotatable bonds is 7. The number of aryl methyl sites for hydroxylation is 1. The normalized spacial score (nSPS) is 19.9. The molecule has 2 atom stereocenters. The van der Waals surface area contributed by atoms with Crippen LogP contribution in [0.2, 0.25) is 0 Å². The first kappa shape index (κ1) is 24.2. The van der Waals surface area contributed by atoms with E-state index in [1.54, 1.807) is 13.1 Å². The maximum atomic E-state index is 11.8. The van der Waals surface area contributed by atoms with Crippen molar-refractivity contribution in [3.8, 4) is 17.0 Å². The molecule has 2 unspecified atom stereocenters. The van der Waals surface area contributed by atoms with E-state index >= 15 is 0 Å². The Bertz CT molecular complexity index is 1650. The van der Waals surface area contributed by atoms with Gasteiger partial charge in [-0.2, -0.15) is 0 Å². The first-order chi connectivity index (χ1) is 18.2. The van der Waals surface area contributed by atoms with Gasteiger partial charge in [0.1, 0.15) is 34.2 Å². The van der Waals surface area contributed by atoms with E-state index in [9.17, 15) is 15.0 Å². The molecule has 0 saturated heterocycles. The molecular weight excluding hydrogens is 480 g/mol. The van der Waals surface area contributed by atoms with E-state index in [0.717, 1.165) is 28.1 Å². The summed E-state index contributed by atoms with van der Waals surface area (Å²) in [6, 6.07) is 13.5. The molecule has 194 valence electrons. The van der Waals surface area contributed by atoms with Crippen LogP contribution >= 0.6 is 0 Å². The van der Waals surface area contributed by atoms with E-state index in [1.165, 1.54) is 0 Å². The van der Waals surface area contributed by atoms with Crippen LogP contribution in [0, 0.1) is 6.92 Å². The predicted octanol–water partition coefficient (Wildman–Crippen LogP) is 4.76. The van der Waals surface area contributed by atoms with Crippen molar-refractivity contribution in [1.82, 2.24) is 14.4 Å². The lowest BCUT2D eigenvalue weighted by Gasteiger charge is -2.26. The van der Waals surface area contributed by atoms with Crippen LogP contribution in [0.5, 0.6) is 5.75 Å². The van der Waals surface area contributed by atoms with Gasteiger partial charge in [0.05, 0.1) is 12.0 Å². The summed E-state index contributed by atoms with van der Waals surface area (Å²) >= 11 is 0. The molecule has 8 heteroatoms. The molecule has 1 saturated carbocycles. The topological polar surface area (TPSA) is 123 Å². The smallest absolute Gasteiger partial charge is 0.331 e. The van der Waals surface area contributed by atoms with Crippen LogP contribution in [0.25, 0.3) is 16.8 Å². The number of allylic oxidation sites excluding steroid dienone is 1. The van der Waals surface area contributed by atoms with Crippen LogP contribution in [0.4, 0.5) is 5.82 Å². The molecule has 0 bridgehead atoms. The largest absolute Gasteiger partial charge is 0.493 e. The maximum absolute atomic E-state index is 11.8. The number of hydrogen-bond donors (Lipinski definition) is 3. The average molecular weight is 511 g/mol. The van der Waals surface area contributed by atoms with Gasteiger partial charge in [-0.3, -0.25) is 4.40 Å². The van der Waals surface area contributed by atoms with Crippen molar-refractivity contribution in [3.05, 3.63) is 88.5 Å². The molecule has 2 aromatic heterocycles. The number of anilines is 1. The quantitative estimate of drug-likeness (QED) is 0.328. The Morgan fingerprint density at radius 1 is 1.24 bits per heavy atom. The number of nitrogens with two attached hydrogens (primary N) is 1. The number of imidazole rings is 1. The fraction of sp³-hybridized carbons (Fsp3) is 0.300. The van der Waals surface area contributed by atoms with Gasteiger partial charge in [-0.05, 0) is 68.9 Å². The SMILES string of the molecule is CCOc1cc(C(C)(O)c2cccc(C)c2)ccc1-c1nc(C23CCC(C(=O)O)=C2C3)n2ccnc(N)c12. The van der Waals surface area contributed by atoms with Gasteiger partial charge >= 0.3 is 5.97 Å². The van der Waals surface area contributed by atoms with E-state index in [2.05, 4.69) is 4.98 Å². The lowest BCUT2D eigenvalue weighted by atomic mass is 9.86. The number of nitrogens with zero attached hydrogens (tertiary/aromatic N) is 3. The van der Waals surface area contributed by atoms with Crippen molar-refractivity contribution < 1.29 is 19.7 Å². The molecule has 0 aliphatic heterocycles. The molecular formula is C30H30N4O4. The summed E-state index contributed by atoms with van der Waals surface area (Å²) in [7, 11) is 0. The molecule has 2 aliphatic rings. The highest BCUT2D eigenvalue weighted by Gasteiger charge is 2.59. The number of nitrogen functional groups attached to an aromatic ring is 1. The van der Waals surface area contributed by atoms with Crippen molar-refractivity contribution in [2.24, 2.45) is 0 Å². The molecule has 6 rings (SSSR count). The summed E-state index contributed by atoms with van der Waals surface area (Å²) in [4.78, 5) is 21.2. The Labute approximate surface area is 220 Å². The third-order valence-electron chi connectivity index (χ3n) is 8.05. The minimum atomic E-state index is -1.23. The number of fused-ring (bicyclic) bond motifs is 2. The fourth-order valence-corrected chi connectivity index (χ4v) is 5.94. The zero-order chi connectivity index (χ0) is 26.8. The van der Waals surface area contributed by atoms with Gasteiger partial charge in [0.2, 0.25) is 0 Å². The van der Waals surface area contributed by atoms with E-state index in [4.69, 9.17) is 15.5 Å². The van der Waals surface area contributed by atoms with Crippen LogP contribution in [0.3, 0.4) is 0 Å². The van der Waals surface area contributed by atoms with Crippen molar-refractivity contribution >= 4 is 17.3 Å². The average Bonchev–Trinajstić information content (AvgIpc) is 3.27. The number of aliphatic hydroxyl groups is 1. The molecule has 38 heavy (non-hydrogen) atoms. The fourth-order valence-electron chi connectivity index (χ4n) is 5.94. The van der Waals surface area contributed by atoms with Crippen molar-refractivity contribution in [3.63, 3.8) is 0 Å². The van der Waals surface area contributed by atoms with Gasteiger partial charge in [0, 0.05) is 23.5 Å². The molecule has 2 aliphatic carbocycles. The second-order valence-corrected chi connectivity index (χ2v) is 10.4. The molecule has 2 heterocycles. The molecule has 4 N–H and O–H groups in total. The van der Waals surface area contributed by atoms with Crippen LogP contribution in [0.15, 0.2) is 66.0 Å². The maximum Gasteiger partial charge on any atom is 0.331 e. The number of carboxylic acid groups (broad SMARTS) is 1. The molecule has 4 aromatic rings. The van der Waals surface area contributed by atoms with E-state index < -0.39 is 11.6 Å². The summed E-state index contributed by atoms with van der Waals surface area (Å²) in [6.45, 7) is 6.11. The number of benzene rings is 2.